The molecule has 0 aliphatic carbocycles. The highest BCUT2D eigenvalue weighted by atomic mass is 79.9. The monoisotopic (exact) mass is 294 g/mol. The third kappa shape index (κ3) is 2.10. The predicted molar refractivity (Wildman–Crippen MR) is 68.0 cm³/mol. The first-order valence-corrected chi connectivity index (χ1v) is 5.99. The van der Waals surface area contributed by atoms with E-state index >= 15 is 0 Å². The number of hydrogen-bond donors (Lipinski definition) is 1. The van der Waals surface area contributed by atoms with Gasteiger partial charge in [0.15, 0.2) is 5.69 Å². The fraction of sp³-hybridized carbons (Fsp3) is 0.167. The van der Waals surface area contributed by atoms with Gasteiger partial charge >= 0.3 is 5.97 Å². The number of carboxylic acid groups (broad SMARTS) is 1. The van der Waals surface area contributed by atoms with Crippen LogP contribution < -0.4 is 0 Å². The van der Waals surface area contributed by atoms with Gasteiger partial charge in [-0.2, -0.15) is 5.10 Å². The van der Waals surface area contributed by atoms with Gasteiger partial charge in [0.1, 0.15) is 0 Å². The molecule has 1 heterocycles. The molecule has 0 aliphatic heterocycles. The van der Waals surface area contributed by atoms with Crippen molar-refractivity contribution < 1.29 is 9.90 Å². The zero-order chi connectivity index (χ0) is 12.4. The first-order chi connectivity index (χ1) is 8.15. The van der Waals surface area contributed by atoms with Crippen LogP contribution in [0.4, 0.5) is 0 Å². The van der Waals surface area contributed by atoms with Crippen LogP contribution in [-0.4, -0.2) is 20.9 Å². The van der Waals surface area contributed by atoms with Gasteiger partial charge in [-0.25, -0.2) is 4.79 Å². The van der Waals surface area contributed by atoms with Crippen molar-refractivity contribution in [2.45, 2.75) is 13.5 Å². The lowest BCUT2D eigenvalue weighted by atomic mass is 10.1. The van der Waals surface area contributed by atoms with E-state index in [4.69, 9.17) is 5.11 Å². The molecular formula is C12H11BrN2O2. The molecule has 0 radical (unpaired) electrons. The Balaban J connectivity index is 2.64. The standard InChI is InChI=1S/C12H11BrN2O2/c1-2-15-11(8-6-4-3-5-7-8)9(13)10(14-15)12(16)17/h3-7H,2H2,1H3,(H,16,17). The summed E-state index contributed by atoms with van der Waals surface area (Å²) in [5.41, 5.74) is 1.79. The highest BCUT2D eigenvalue weighted by Gasteiger charge is 2.20. The van der Waals surface area contributed by atoms with Crippen molar-refractivity contribution in [2.75, 3.05) is 0 Å². The third-order valence-corrected chi connectivity index (χ3v) is 3.20. The minimum atomic E-state index is -1.03. The van der Waals surface area contributed by atoms with E-state index in [1.165, 1.54) is 0 Å². The lowest BCUT2D eigenvalue weighted by Crippen LogP contribution is -2.02. The number of halogens is 1. The van der Waals surface area contributed by atoms with Crippen molar-refractivity contribution in [3.05, 3.63) is 40.5 Å². The number of benzene rings is 1. The maximum Gasteiger partial charge on any atom is 0.357 e. The molecule has 0 saturated carbocycles. The van der Waals surface area contributed by atoms with Gasteiger partial charge in [0, 0.05) is 12.1 Å². The fourth-order valence-corrected chi connectivity index (χ4v) is 2.36. The number of rotatable bonds is 3. The number of carboxylic acids is 1. The largest absolute Gasteiger partial charge is 0.476 e. The Morgan fingerprint density at radius 1 is 1.41 bits per heavy atom. The van der Waals surface area contributed by atoms with Gasteiger partial charge in [-0.05, 0) is 22.9 Å². The molecule has 0 bridgehead atoms. The summed E-state index contributed by atoms with van der Waals surface area (Å²) in [5, 5.41) is 13.1. The van der Waals surface area contributed by atoms with Crippen molar-refractivity contribution in [3.63, 3.8) is 0 Å². The Morgan fingerprint density at radius 2 is 2.06 bits per heavy atom. The van der Waals surface area contributed by atoms with Crippen LogP contribution in [0.1, 0.15) is 17.4 Å². The third-order valence-electron chi connectivity index (χ3n) is 2.44. The van der Waals surface area contributed by atoms with Gasteiger partial charge in [0.2, 0.25) is 0 Å². The maximum atomic E-state index is 11.0. The van der Waals surface area contributed by atoms with Crippen LogP contribution in [0.2, 0.25) is 0 Å². The summed E-state index contributed by atoms with van der Waals surface area (Å²) in [6.45, 7) is 2.55. The normalized spacial score (nSPS) is 10.5. The second-order valence-electron chi connectivity index (χ2n) is 3.50. The van der Waals surface area contributed by atoms with Crippen LogP contribution in [0.5, 0.6) is 0 Å². The quantitative estimate of drug-likeness (QED) is 0.947. The number of hydrogen-bond acceptors (Lipinski definition) is 2. The zero-order valence-corrected chi connectivity index (χ0v) is 10.8. The number of carbonyl (C=O) groups is 1. The Kier molecular flexibility index (Phi) is 3.28. The van der Waals surface area contributed by atoms with Gasteiger partial charge in [0.05, 0.1) is 10.2 Å². The molecule has 0 unspecified atom stereocenters. The van der Waals surface area contributed by atoms with Gasteiger partial charge in [-0.1, -0.05) is 30.3 Å². The van der Waals surface area contributed by atoms with E-state index in [2.05, 4.69) is 21.0 Å². The molecule has 0 spiro atoms. The first kappa shape index (κ1) is 11.9. The SMILES string of the molecule is CCn1nc(C(=O)O)c(Br)c1-c1ccccc1. The van der Waals surface area contributed by atoms with E-state index in [-0.39, 0.29) is 5.69 Å². The summed E-state index contributed by atoms with van der Waals surface area (Å²) in [4.78, 5) is 11.0. The van der Waals surface area contributed by atoms with E-state index in [0.29, 0.717) is 11.0 Å². The molecule has 0 aliphatic rings. The molecule has 17 heavy (non-hydrogen) atoms. The number of aromatic carboxylic acids is 1. The van der Waals surface area contributed by atoms with Crippen molar-refractivity contribution in [3.8, 4) is 11.3 Å². The summed E-state index contributed by atoms with van der Waals surface area (Å²) < 4.78 is 2.21. The van der Waals surface area contributed by atoms with Crippen LogP contribution in [0.15, 0.2) is 34.8 Å². The first-order valence-electron chi connectivity index (χ1n) is 5.20. The minimum absolute atomic E-state index is 0.0469. The topological polar surface area (TPSA) is 55.1 Å². The summed E-state index contributed by atoms with van der Waals surface area (Å²) in [6.07, 6.45) is 0. The second-order valence-corrected chi connectivity index (χ2v) is 4.29. The fourth-order valence-electron chi connectivity index (χ4n) is 1.68. The molecule has 1 aromatic heterocycles. The Hall–Kier alpha value is -1.62. The van der Waals surface area contributed by atoms with Gasteiger partial charge in [-0.3, -0.25) is 4.68 Å². The van der Waals surface area contributed by atoms with Gasteiger partial charge in [0.25, 0.3) is 0 Å². The lowest BCUT2D eigenvalue weighted by Gasteiger charge is -2.04. The minimum Gasteiger partial charge on any atom is -0.476 e. The van der Waals surface area contributed by atoms with Crippen LogP contribution in [0.25, 0.3) is 11.3 Å². The van der Waals surface area contributed by atoms with Crippen LogP contribution in [0, 0.1) is 0 Å². The van der Waals surface area contributed by atoms with E-state index in [1.54, 1.807) is 4.68 Å². The molecule has 88 valence electrons. The average molecular weight is 295 g/mol. The molecule has 2 rings (SSSR count). The Bertz CT molecular complexity index is 549. The average Bonchev–Trinajstić information content (AvgIpc) is 2.67. The molecule has 0 atom stereocenters. The van der Waals surface area contributed by atoms with Crippen LogP contribution in [0.3, 0.4) is 0 Å². The van der Waals surface area contributed by atoms with Gasteiger partial charge < -0.3 is 5.11 Å². The molecule has 0 amide bonds. The van der Waals surface area contributed by atoms with Crippen molar-refractivity contribution in [1.29, 1.82) is 0 Å². The molecule has 2 aromatic rings. The molecule has 4 nitrogen and oxygen atoms in total. The number of nitrogens with zero attached hydrogens (tertiary/aromatic N) is 2. The number of aromatic nitrogens is 2. The van der Waals surface area contributed by atoms with Crippen LogP contribution in [-0.2, 0) is 6.54 Å². The number of aryl methyl sites for hydroxylation is 1. The predicted octanol–water partition coefficient (Wildman–Crippen LogP) is 3.03. The molecule has 0 fully saturated rings. The van der Waals surface area contributed by atoms with Crippen molar-refractivity contribution in [1.82, 2.24) is 9.78 Å². The molecule has 1 aromatic carbocycles. The maximum absolute atomic E-state index is 11.0. The van der Waals surface area contributed by atoms with E-state index in [0.717, 1.165) is 11.3 Å². The Morgan fingerprint density at radius 3 is 2.59 bits per heavy atom. The molecule has 0 saturated heterocycles. The van der Waals surface area contributed by atoms with E-state index in [9.17, 15) is 4.79 Å². The van der Waals surface area contributed by atoms with E-state index in [1.807, 2.05) is 37.3 Å². The molecule has 5 heteroatoms. The highest BCUT2D eigenvalue weighted by Crippen LogP contribution is 2.31. The summed E-state index contributed by atoms with van der Waals surface area (Å²) in [5.74, 6) is -1.03. The Labute approximate surface area is 107 Å². The smallest absolute Gasteiger partial charge is 0.357 e. The van der Waals surface area contributed by atoms with Crippen LogP contribution >= 0.6 is 15.9 Å². The summed E-state index contributed by atoms with van der Waals surface area (Å²) >= 11 is 3.32. The van der Waals surface area contributed by atoms with Gasteiger partial charge in [-0.15, -0.1) is 0 Å². The summed E-state index contributed by atoms with van der Waals surface area (Å²) in [7, 11) is 0. The second kappa shape index (κ2) is 4.71. The highest BCUT2D eigenvalue weighted by molar-refractivity contribution is 9.10. The lowest BCUT2D eigenvalue weighted by molar-refractivity contribution is 0.0688. The summed E-state index contributed by atoms with van der Waals surface area (Å²) in [6, 6.07) is 9.60. The van der Waals surface area contributed by atoms with E-state index < -0.39 is 5.97 Å². The molecule has 1 N–H and O–H groups in total. The zero-order valence-electron chi connectivity index (χ0n) is 9.22. The molecular weight excluding hydrogens is 284 g/mol. The van der Waals surface area contributed by atoms with Crippen molar-refractivity contribution >= 4 is 21.9 Å². The van der Waals surface area contributed by atoms with Crippen molar-refractivity contribution in [2.24, 2.45) is 0 Å².